The Morgan fingerprint density at radius 2 is 2.40 bits per heavy atom. The molecule has 2 N–H and O–H groups in total. The molecule has 2 atom stereocenters. The summed E-state index contributed by atoms with van der Waals surface area (Å²) in [6, 6.07) is 4.48. The van der Waals surface area contributed by atoms with E-state index >= 15 is 0 Å². The van der Waals surface area contributed by atoms with E-state index in [1.54, 1.807) is 0 Å². The van der Waals surface area contributed by atoms with Crippen LogP contribution in [0.25, 0.3) is 0 Å². The summed E-state index contributed by atoms with van der Waals surface area (Å²) in [6.07, 6.45) is 4.62. The van der Waals surface area contributed by atoms with E-state index in [2.05, 4.69) is 26.6 Å². The summed E-state index contributed by atoms with van der Waals surface area (Å²) in [7, 11) is 1.93. The summed E-state index contributed by atoms with van der Waals surface area (Å²) in [6.45, 7) is 3.00. The van der Waals surface area contributed by atoms with Crippen LogP contribution in [0.5, 0.6) is 0 Å². The number of pyridine rings is 1. The largest absolute Gasteiger partial charge is 0.388 e. The van der Waals surface area contributed by atoms with E-state index in [4.69, 9.17) is 0 Å². The molecule has 0 aliphatic carbocycles. The highest BCUT2D eigenvalue weighted by Crippen LogP contribution is 2.26. The van der Waals surface area contributed by atoms with E-state index in [0.29, 0.717) is 18.4 Å². The van der Waals surface area contributed by atoms with Gasteiger partial charge in [0.25, 0.3) is 0 Å². The molecule has 1 aromatic rings. The van der Waals surface area contributed by atoms with Crippen LogP contribution in [0, 0.1) is 5.92 Å². The van der Waals surface area contributed by atoms with Gasteiger partial charge in [0, 0.05) is 51.0 Å². The van der Waals surface area contributed by atoms with E-state index in [1.807, 2.05) is 19.3 Å². The van der Waals surface area contributed by atoms with Crippen molar-refractivity contribution in [2.75, 3.05) is 25.5 Å². The number of rotatable bonds is 3. The van der Waals surface area contributed by atoms with Crippen LogP contribution >= 0.6 is 0 Å². The number of aromatic nitrogens is 1. The molecule has 2 aliphatic heterocycles. The van der Waals surface area contributed by atoms with Gasteiger partial charge in [-0.2, -0.15) is 0 Å². The van der Waals surface area contributed by atoms with Crippen LogP contribution in [0.2, 0.25) is 0 Å². The van der Waals surface area contributed by atoms with E-state index in [1.165, 1.54) is 0 Å². The Morgan fingerprint density at radius 1 is 1.50 bits per heavy atom. The Bertz CT molecular complexity index is 491. The Kier molecular flexibility index (Phi) is 3.87. The topological polar surface area (TPSA) is 57.3 Å². The smallest absolute Gasteiger partial charge is 0.220 e. The van der Waals surface area contributed by atoms with Crippen molar-refractivity contribution in [1.29, 1.82) is 0 Å². The van der Waals surface area contributed by atoms with E-state index < -0.39 is 0 Å². The number of fused-ring (bicyclic) bond motifs is 1. The number of piperidine rings is 2. The van der Waals surface area contributed by atoms with Crippen molar-refractivity contribution >= 4 is 11.6 Å². The zero-order valence-corrected chi connectivity index (χ0v) is 11.9. The Balaban J connectivity index is 1.60. The standard InChI is InChI=1S/C15H22N4O/c1-16-12-4-6-17-13(8-12)10-19-7-5-14-11(9-19)2-3-15(20)18-14/h4,6,8,11,14H,2-3,5,7,9-10H2,1H3,(H,16,17)(H,18,20). The lowest BCUT2D eigenvalue weighted by atomic mass is 9.85. The lowest BCUT2D eigenvalue weighted by molar-refractivity contribution is -0.125. The van der Waals surface area contributed by atoms with Gasteiger partial charge in [-0.25, -0.2) is 0 Å². The van der Waals surface area contributed by atoms with E-state index in [0.717, 1.165) is 43.9 Å². The van der Waals surface area contributed by atoms with Gasteiger partial charge in [0.1, 0.15) is 0 Å². The molecule has 2 unspecified atom stereocenters. The monoisotopic (exact) mass is 274 g/mol. The number of carbonyl (C=O) groups is 1. The molecule has 1 aromatic heterocycles. The fraction of sp³-hybridized carbons (Fsp3) is 0.600. The number of nitrogens with one attached hydrogen (secondary N) is 2. The van der Waals surface area contributed by atoms with Crippen LogP contribution in [-0.2, 0) is 11.3 Å². The van der Waals surface area contributed by atoms with Crippen LogP contribution < -0.4 is 10.6 Å². The molecule has 2 aliphatic rings. The predicted molar refractivity (Wildman–Crippen MR) is 78.3 cm³/mol. The summed E-state index contributed by atoms with van der Waals surface area (Å²) in [5.74, 6) is 0.831. The van der Waals surface area contributed by atoms with Crippen molar-refractivity contribution in [3.05, 3.63) is 24.0 Å². The first-order valence-electron chi connectivity index (χ1n) is 7.39. The Hall–Kier alpha value is -1.62. The number of amides is 1. The van der Waals surface area contributed by atoms with Crippen molar-refractivity contribution in [2.24, 2.45) is 5.92 Å². The third-order valence-corrected chi connectivity index (χ3v) is 4.40. The third kappa shape index (κ3) is 2.93. The quantitative estimate of drug-likeness (QED) is 0.870. The number of anilines is 1. The molecule has 1 amide bonds. The van der Waals surface area contributed by atoms with Crippen molar-refractivity contribution in [2.45, 2.75) is 31.8 Å². The van der Waals surface area contributed by atoms with Crippen molar-refractivity contribution in [3.8, 4) is 0 Å². The number of hydrogen-bond acceptors (Lipinski definition) is 4. The molecule has 2 saturated heterocycles. The minimum atomic E-state index is 0.225. The molecule has 3 heterocycles. The second-order valence-electron chi connectivity index (χ2n) is 5.78. The lowest BCUT2D eigenvalue weighted by Crippen LogP contribution is -2.53. The minimum Gasteiger partial charge on any atom is -0.388 e. The molecule has 0 spiro atoms. The SMILES string of the molecule is CNc1ccnc(CN2CCC3NC(=O)CCC3C2)c1. The van der Waals surface area contributed by atoms with Gasteiger partial charge in [-0.15, -0.1) is 0 Å². The minimum absolute atomic E-state index is 0.225. The molecule has 0 saturated carbocycles. The number of carbonyl (C=O) groups excluding carboxylic acids is 1. The average Bonchev–Trinajstić information content (AvgIpc) is 2.47. The highest BCUT2D eigenvalue weighted by atomic mass is 16.1. The first-order chi connectivity index (χ1) is 9.74. The second-order valence-corrected chi connectivity index (χ2v) is 5.78. The van der Waals surface area contributed by atoms with Gasteiger partial charge in [-0.05, 0) is 30.9 Å². The summed E-state index contributed by atoms with van der Waals surface area (Å²) in [5, 5.41) is 6.28. The molecular weight excluding hydrogens is 252 g/mol. The molecule has 5 heteroatoms. The van der Waals surface area contributed by atoms with Crippen LogP contribution in [0.3, 0.4) is 0 Å². The normalized spacial score (nSPS) is 26.8. The molecule has 2 fully saturated rings. The Labute approximate surface area is 119 Å². The van der Waals surface area contributed by atoms with Crippen molar-refractivity contribution in [1.82, 2.24) is 15.2 Å². The van der Waals surface area contributed by atoms with E-state index in [-0.39, 0.29) is 5.91 Å². The van der Waals surface area contributed by atoms with Crippen LogP contribution in [0.4, 0.5) is 5.69 Å². The zero-order chi connectivity index (χ0) is 13.9. The van der Waals surface area contributed by atoms with Gasteiger partial charge in [0.2, 0.25) is 5.91 Å². The van der Waals surface area contributed by atoms with Crippen LogP contribution in [-0.4, -0.2) is 42.0 Å². The molecular formula is C15H22N4O. The van der Waals surface area contributed by atoms with Crippen molar-refractivity contribution in [3.63, 3.8) is 0 Å². The van der Waals surface area contributed by atoms with Crippen LogP contribution in [0.1, 0.15) is 25.0 Å². The molecule has 5 nitrogen and oxygen atoms in total. The summed E-state index contributed by atoms with van der Waals surface area (Å²) in [4.78, 5) is 18.3. The maximum Gasteiger partial charge on any atom is 0.220 e. The van der Waals surface area contributed by atoms with Gasteiger partial charge in [0.15, 0.2) is 0 Å². The highest BCUT2D eigenvalue weighted by molar-refractivity contribution is 5.77. The van der Waals surface area contributed by atoms with Gasteiger partial charge in [-0.3, -0.25) is 14.7 Å². The van der Waals surface area contributed by atoms with Gasteiger partial charge in [-0.1, -0.05) is 0 Å². The maximum absolute atomic E-state index is 11.4. The number of likely N-dealkylation sites (tertiary alicyclic amines) is 1. The first kappa shape index (κ1) is 13.4. The first-order valence-corrected chi connectivity index (χ1v) is 7.39. The van der Waals surface area contributed by atoms with E-state index in [9.17, 15) is 4.79 Å². The maximum atomic E-state index is 11.4. The third-order valence-electron chi connectivity index (χ3n) is 4.40. The van der Waals surface area contributed by atoms with Gasteiger partial charge in [0.05, 0.1) is 5.69 Å². The second kappa shape index (κ2) is 5.79. The summed E-state index contributed by atoms with van der Waals surface area (Å²) in [5.41, 5.74) is 2.21. The fourth-order valence-electron chi connectivity index (χ4n) is 3.28. The molecule has 0 radical (unpaired) electrons. The molecule has 3 rings (SSSR count). The molecule has 0 aromatic carbocycles. The van der Waals surface area contributed by atoms with Gasteiger partial charge >= 0.3 is 0 Å². The zero-order valence-electron chi connectivity index (χ0n) is 11.9. The predicted octanol–water partition coefficient (Wildman–Crippen LogP) is 1.22. The van der Waals surface area contributed by atoms with Crippen LogP contribution in [0.15, 0.2) is 18.3 Å². The lowest BCUT2D eigenvalue weighted by Gasteiger charge is -2.41. The van der Waals surface area contributed by atoms with Gasteiger partial charge < -0.3 is 10.6 Å². The molecule has 0 bridgehead atoms. The number of nitrogens with zero attached hydrogens (tertiary/aromatic N) is 2. The molecule has 20 heavy (non-hydrogen) atoms. The molecule has 108 valence electrons. The fourth-order valence-corrected chi connectivity index (χ4v) is 3.28. The Morgan fingerprint density at radius 3 is 3.25 bits per heavy atom. The average molecular weight is 274 g/mol. The summed E-state index contributed by atoms with van der Waals surface area (Å²) < 4.78 is 0. The van der Waals surface area contributed by atoms with Crippen molar-refractivity contribution < 1.29 is 4.79 Å². The summed E-state index contributed by atoms with van der Waals surface area (Å²) >= 11 is 0. The number of hydrogen-bond donors (Lipinski definition) is 2. The highest BCUT2D eigenvalue weighted by Gasteiger charge is 2.33.